The van der Waals surface area contributed by atoms with Crippen LogP contribution in [-0.2, 0) is 6.54 Å². The summed E-state index contributed by atoms with van der Waals surface area (Å²) in [6.45, 7) is 0.914. The maximum Gasteiger partial charge on any atom is 0.358 e. The van der Waals surface area contributed by atoms with Crippen molar-refractivity contribution < 1.29 is 19.0 Å². The van der Waals surface area contributed by atoms with Crippen LogP contribution in [0.1, 0.15) is 10.5 Å². The van der Waals surface area contributed by atoms with Crippen LogP contribution < -0.4 is 10.1 Å². The molecule has 106 valence electrons. The Bertz CT molecular complexity index is 614. The number of anilines is 1. The number of carboxylic acids is 1. The zero-order valence-electron chi connectivity index (χ0n) is 10.7. The Balaban J connectivity index is 1.90. The smallest absolute Gasteiger partial charge is 0.358 e. The molecular formula is C12H13FN4O3. The van der Waals surface area contributed by atoms with Gasteiger partial charge in [0.1, 0.15) is 0 Å². The average Bonchev–Trinajstić information content (AvgIpc) is 2.89. The number of benzene rings is 1. The normalized spacial score (nSPS) is 10.3. The average molecular weight is 280 g/mol. The molecule has 0 aliphatic heterocycles. The number of aromatic carboxylic acids is 1. The van der Waals surface area contributed by atoms with E-state index in [1.807, 2.05) is 0 Å². The molecule has 0 saturated carbocycles. The predicted molar refractivity (Wildman–Crippen MR) is 68.4 cm³/mol. The molecule has 0 atom stereocenters. The summed E-state index contributed by atoms with van der Waals surface area (Å²) in [7, 11) is 1.39. The molecule has 1 heterocycles. The molecule has 0 radical (unpaired) electrons. The molecule has 2 rings (SSSR count). The first kappa shape index (κ1) is 13.8. The van der Waals surface area contributed by atoms with E-state index < -0.39 is 11.8 Å². The minimum atomic E-state index is -1.12. The number of carboxylic acid groups (broad SMARTS) is 1. The molecule has 0 aliphatic carbocycles. The van der Waals surface area contributed by atoms with Gasteiger partial charge in [-0.2, -0.15) is 0 Å². The van der Waals surface area contributed by atoms with Crippen molar-refractivity contribution in [2.45, 2.75) is 6.54 Å². The third kappa shape index (κ3) is 3.22. The second kappa shape index (κ2) is 6.00. The number of hydrogen-bond donors (Lipinski definition) is 2. The van der Waals surface area contributed by atoms with Crippen LogP contribution in [0.5, 0.6) is 5.75 Å². The molecule has 2 N–H and O–H groups in total. The molecular weight excluding hydrogens is 267 g/mol. The van der Waals surface area contributed by atoms with E-state index in [2.05, 4.69) is 15.6 Å². The summed E-state index contributed by atoms with van der Waals surface area (Å²) in [5.41, 5.74) is 0.593. The fourth-order valence-corrected chi connectivity index (χ4v) is 1.59. The fourth-order valence-electron chi connectivity index (χ4n) is 1.59. The van der Waals surface area contributed by atoms with Gasteiger partial charge in [-0.25, -0.2) is 13.9 Å². The number of carbonyl (C=O) groups is 1. The number of halogens is 1. The summed E-state index contributed by atoms with van der Waals surface area (Å²) in [5.74, 6) is -1.39. The standard InChI is InChI=1S/C12H13FN4O3/c1-20-11-6-8(2-3-9(11)13)14-4-5-17-7-10(12(18)19)15-16-17/h2-3,6-7,14H,4-5H2,1H3,(H,18,19). The van der Waals surface area contributed by atoms with Gasteiger partial charge < -0.3 is 15.2 Å². The number of aromatic nitrogens is 3. The number of nitrogens with zero attached hydrogens (tertiary/aromatic N) is 3. The molecule has 1 aromatic carbocycles. The van der Waals surface area contributed by atoms with Crippen LogP contribution in [0, 0.1) is 5.82 Å². The molecule has 0 saturated heterocycles. The van der Waals surface area contributed by atoms with Gasteiger partial charge in [0.25, 0.3) is 0 Å². The van der Waals surface area contributed by atoms with Crippen molar-refractivity contribution >= 4 is 11.7 Å². The van der Waals surface area contributed by atoms with Crippen molar-refractivity contribution in [2.75, 3.05) is 19.0 Å². The lowest BCUT2D eigenvalue weighted by Crippen LogP contribution is -2.11. The van der Waals surface area contributed by atoms with Crippen LogP contribution in [-0.4, -0.2) is 39.7 Å². The first-order valence-electron chi connectivity index (χ1n) is 5.81. The molecule has 0 aliphatic rings. The molecule has 0 amide bonds. The maximum atomic E-state index is 13.2. The van der Waals surface area contributed by atoms with Gasteiger partial charge in [-0.15, -0.1) is 5.10 Å². The van der Waals surface area contributed by atoms with Crippen LogP contribution in [0.15, 0.2) is 24.4 Å². The molecule has 1 aromatic heterocycles. The van der Waals surface area contributed by atoms with Crippen LogP contribution in [0.4, 0.5) is 10.1 Å². The third-order valence-corrected chi connectivity index (χ3v) is 2.58. The summed E-state index contributed by atoms with van der Waals surface area (Å²) in [6.07, 6.45) is 1.34. The van der Waals surface area contributed by atoms with E-state index in [-0.39, 0.29) is 11.4 Å². The highest BCUT2D eigenvalue weighted by molar-refractivity contribution is 5.84. The molecule has 0 spiro atoms. The van der Waals surface area contributed by atoms with Crippen LogP contribution in [0.25, 0.3) is 0 Å². The monoisotopic (exact) mass is 280 g/mol. The minimum Gasteiger partial charge on any atom is -0.494 e. The van der Waals surface area contributed by atoms with Crippen molar-refractivity contribution in [3.63, 3.8) is 0 Å². The summed E-state index contributed by atoms with van der Waals surface area (Å²) in [5, 5.41) is 18.9. The molecule has 0 unspecified atom stereocenters. The van der Waals surface area contributed by atoms with E-state index in [0.29, 0.717) is 18.8 Å². The Hall–Kier alpha value is -2.64. The topological polar surface area (TPSA) is 89.3 Å². The Morgan fingerprint density at radius 1 is 1.55 bits per heavy atom. The van der Waals surface area contributed by atoms with Crippen molar-refractivity contribution in [1.29, 1.82) is 0 Å². The number of nitrogens with one attached hydrogen (secondary N) is 1. The largest absolute Gasteiger partial charge is 0.494 e. The summed E-state index contributed by atoms with van der Waals surface area (Å²) in [4.78, 5) is 10.6. The lowest BCUT2D eigenvalue weighted by atomic mass is 10.3. The highest BCUT2D eigenvalue weighted by Crippen LogP contribution is 2.21. The summed E-state index contributed by atoms with van der Waals surface area (Å²) in [6, 6.07) is 4.43. The van der Waals surface area contributed by atoms with Gasteiger partial charge in [0.15, 0.2) is 17.3 Å². The van der Waals surface area contributed by atoms with Gasteiger partial charge >= 0.3 is 5.97 Å². The van der Waals surface area contributed by atoms with E-state index in [1.165, 1.54) is 24.1 Å². The minimum absolute atomic E-state index is 0.103. The van der Waals surface area contributed by atoms with Gasteiger partial charge in [0.05, 0.1) is 19.9 Å². The van der Waals surface area contributed by atoms with Gasteiger partial charge in [-0.3, -0.25) is 0 Å². The third-order valence-electron chi connectivity index (χ3n) is 2.58. The van der Waals surface area contributed by atoms with Gasteiger partial charge in [-0.1, -0.05) is 5.21 Å². The highest BCUT2D eigenvalue weighted by Gasteiger charge is 2.08. The Morgan fingerprint density at radius 2 is 2.35 bits per heavy atom. The van der Waals surface area contributed by atoms with Crippen molar-refractivity contribution in [1.82, 2.24) is 15.0 Å². The van der Waals surface area contributed by atoms with Crippen molar-refractivity contribution in [2.24, 2.45) is 0 Å². The molecule has 20 heavy (non-hydrogen) atoms. The number of rotatable bonds is 6. The van der Waals surface area contributed by atoms with Crippen molar-refractivity contribution in [3.05, 3.63) is 35.9 Å². The zero-order valence-corrected chi connectivity index (χ0v) is 10.7. The summed E-state index contributed by atoms with van der Waals surface area (Å²) < 4.78 is 19.5. The highest BCUT2D eigenvalue weighted by atomic mass is 19.1. The Labute approximate surface area is 114 Å². The second-order valence-corrected chi connectivity index (χ2v) is 3.95. The summed E-state index contributed by atoms with van der Waals surface area (Å²) >= 11 is 0. The maximum absolute atomic E-state index is 13.2. The Kier molecular flexibility index (Phi) is 4.14. The number of methoxy groups -OCH3 is 1. The molecule has 0 fully saturated rings. The predicted octanol–water partition coefficient (Wildman–Crippen LogP) is 1.24. The van der Waals surface area contributed by atoms with E-state index >= 15 is 0 Å². The SMILES string of the molecule is COc1cc(NCCn2cc(C(=O)O)nn2)ccc1F. The lowest BCUT2D eigenvalue weighted by molar-refractivity contribution is 0.0690. The van der Waals surface area contributed by atoms with E-state index in [4.69, 9.17) is 9.84 Å². The quantitative estimate of drug-likeness (QED) is 0.827. The van der Waals surface area contributed by atoms with E-state index in [1.54, 1.807) is 12.1 Å². The second-order valence-electron chi connectivity index (χ2n) is 3.95. The molecule has 8 heteroatoms. The first-order chi connectivity index (χ1) is 9.60. The molecule has 0 bridgehead atoms. The van der Waals surface area contributed by atoms with Crippen LogP contribution in [0.2, 0.25) is 0 Å². The van der Waals surface area contributed by atoms with Crippen molar-refractivity contribution in [3.8, 4) is 5.75 Å². The lowest BCUT2D eigenvalue weighted by Gasteiger charge is -2.08. The van der Waals surface area contributed by atoms with Gasteiger partial charge in [0, 0.05) is 18.3 Å². The molecule has 2 aromatic rings. The van der Waals surface area contributed by atoms with Crippen LogP contribution in [0.3, 0.4) is 0 Å². The fraction of sp³-hybridized carbons (Fsp3) is 0.250. The number of hydrogen-bond acceptors (Lipinski definition) is 5. The van der Waals surface area contributed by atoms with Gasteiger partial charge in [-0.05, 0) is 12.1 Å². The van der Waals surface area contributed by atoms with E-state index in [0.717, 1.165) is 0 Å². The Morgan fingerprint density at radius 3 is 3.00 bits per heavy atom. The molecule has 7 nitrogen and oxygen atoms in total. The zero-order chi connectivity index (χ0) is 14.5. The number of ether oxygens (including phenoxy) is 1. The van der Waals surface area contributed by atoms with Crippen LogP contribution >= 0.6 is 0 Å². The first-order valence-corrected chi connectivity index (χ1v) is 5.81. The van der Waals surface area contributed by atoms with E-state index in [9.17, 15) is 9.18 Å². The van der Waals surface area contributed by atoms with Gasteiger partial charge in [0.2, 0.25) is 0 Å².